The summed E-state index contributed by atoms with van der Waals surface area (Å²) in [6, 6.07) is 5.21. The lowest BCUT2D eigenvalue weighted by Crippen LogP contribution is -2.26. The predicted molar refractivity (Wildman–Crippen MR) is 64.9 cm³/mol. The fourth-order valence-corrected chi connectivity index (χ4v) is 1.73. The third kappa shape index (κ3) is 2.88. The van der Waals surface area contributed by atoms with Gasteiger partial charge in [-0.2, -0.15) is 0 Å². The van der Waals surface area contributed by atoms with Gasteiger partial charge in [-0.1, -0.05) is 28.1 Å². The highest BCUT2D eigenvalue weighted by molar-refractivity contribution is 9.09. The van der Waals surface area contributed by atoms with Crippen LogP contribution in [0.1, 0.15) is 5.56 Å². The Kier molecular flexibility index (Phi) is 4.61. The topological polar surface area (TPSA) is 49.8 Å². The highest BCUT2D eigenvalue weighted by Gasteiger charge is 2.12. The van der Waals surface area contributed by atoms with Crippen molar-refractivity contribution in [2.45, 2.75) is 6.54 Å². The van der Waals surface area contributed by atoms with Gasteiger partial charge < -0.3 is 14.7 Å². The van der Waals surface area contributed by atoms with E-state index in [0.29, 0.717) is 17.9 Å². The van der Waals surface area contributed by atoms with E-state index in [-0.39, 0.29) is 17.0 Å². The monoisotopic (exact) mass is 287 g/mol. The van der Waals surface area contributed by atoms with Gasteiger partial charge >= 0.3 is 0 Å². The van der Waals surface area contributed by atoms with E-state index >= 15 is 0 Å². The van der Waals surface area contributed by atoms with E-state index in [0.717, 1.165) is 0 Å². The number of hydrogen-bond acceptors (Lipinski definition) is 3. The molecular formula is C11H14BrNO3. The van der Waals surface area contributed by atoms with Crippen LogP contribution >= 0.6 is 15.9 Å². The summed E-state index contributed by atoms with van der Waals surface area (Å²) in [7, 11) is 3.18. The van der Waals surface area contributed by atoms with Crippen LogP contribution in [-0.2, 0) is 11.3 Å². The molecule has 1 aromatic carbocycles. The van der Waals surface area contributed by atoms with Crippen LogP contribution in [0.3, 0.4) is 0 Å². The third-order valence-corrected chi connectivity index (χ3v) is 2.73. The first-order valence-corrected chi connectivity index (χ1v) is 5.87. The van der Waals surface area contributed by atoms with Crippen LogP contribution in [0.5, 0.6) is 11.5 Å². The van der Waals surface area contributed by atoms with Gasteiger partial charge in [-0.3, -0.25) is 4.79 Å². The number of phenolic OH excluding ortho intramolecular Hbond substituents is 1. The van der Waals surface area contributed by atoms with Crippen molar-refractivity contribution in [3.8, 4) is 11.5 Å². The second-order valence-electron chi connectivity index (χ2n) is 3.35. The van der Waals surface area contributed by atoms with Crippen molar-refractivity contribution >= 4 is 21.8 Å². The number of halogens is 1. The molecule has 0 unspecified atom stereocenters. The number of phenols is 1. The Morgan fingerprint density at radius 2 is 2.25 bits per heavy atom. The van der Waals surface area contributed by atoms with E-state index < -0.39 is 0 Å². The quantitative estimate of drug-likeness (QED) is 0.859. The number of carbonyl (C=O) groups excluding carboxylic acids is 1. The SMILES string of the molecule is COc1cccc(CN(C)C(=O)CBr)c1O. The lowest BCUT2D eigenvalue weighted by Gasteiger charge is -2.17. The minimum Gasteiger partial charge on any atom is -0.504 e. The number of carbonyl (C=O) groups is 1. The Morgan fingerprint density at radius 3 is 2.81 bits per heavy atom. The van der Waals surface area contributed by atoms with Crippen molar-refractivity contribution in [1.82, 2.24) is 4.90 Å². The predicted octanol–water partition coefficient (Wildman–Crippen LogP) is 1.75. The zero-order valence-electron chi connectivity index (χ0n) is 9.24. The number of rotatable bonds is 4. The number of nitrogens with zero attached hydrogens (tertiary/aromatic N) is 1. The fraction of sp³-hybridized carbons (Fsp3) is 0.364. The number of methoxy groups -OCH3 is 1. The summed E-state index contributed by atoms with van der Waals surface area (Å²) < 4.78 is 4.99. The van der Waals surface area contributed by atoms with Crippen molar-refractivity contribution in [2.24, 2.45) is 0 Å². The Morgan fingerprint density at radius 1 is 1.56 bits per heavy atom. The van der Waals surface area contributed by atoms with Crippen LogP contribution in [0.4, 0.5) is 0 Å². The molecular weight excluding hydrogens is 274 g/mol. The van der Waals surface area contributed by atoms with Crippen molar-refractivity contribution in [2.75, 3.05) is 19.5 Å². The molecule has 0 aliphatic carbocycles. The number of ether oxygens (including phenoxy) is 1. The summed E-state index contributed by atoms with van der Waals surface area (Å²) in [5, 5.41) is 10.1. The molecule has 1 N–H and O–H groups in total. The van der Waals surface area contributed by atoms with Crippen molar-refractivity contribution < 1.29 is 14.6 Å². The number of alkyl halides is 1. The molecule has 0 aromatic heterocycles. The van der Waals surface area contributed by atoms with Gasteiger partial charge in [-0.15, -0.1) is 0 Å². The lowest BCUT2D eigenvalue weighted by molar-refractivity contribution is -0.127. The molecule has 1 rings (SSSR count). The first-order chi connectivity index (χ1) is 7.60. The number of amides is 1. The van der Waals surface area contributed by atoms with Gasteiger partial charge in [0, 0.05) is 19.2 Å². The molecule has 16 heavy (non-hydrogen) atoms. The summed E-state index contributed by atoms with van der Waals surface area (Å²) in [4.78, 5) is 12.9. The van der Waals surface area contributed by atoms with E-state index in [1.54, 1.807) is 25.2 Å². The van der Waals surface area contributed by atoms with Crippen LogP contribution in [0.2, 0.25) is 0 Å². The molecule has 0 bridgehead atoms. The Hall–Kier alpha value is -1.23. The molecule has 1 amide bonds. The zero-order chi connectivity index (χ0) is 12.1. The molecule has 0 saturated carbocycles. The standard InChI is InChI=1S/C11H14BrNO3/c1-13(10(14)6-12)7-8-4-3-5-9(16-2)11(8)15/h3-5,15H,6-7H2,1-2H3. The molecule has 1 aromatic rings. The smallest absolute Gasteiger partial charge is 0.233 e. The van der Waals surface area contributed by atoms with Gasteiger partial charge in [0.15, 0.2) is 11.5 Å². The number of hydrogen-bond donors (Lipinski definition) is 1. The average molecular weight is 288 g/mol. The summed E-state index contributed by atoms with van der Waals surface area (Å²) in [6.45, 7) is 0.355. The summed E-state index contributed by atoms with van der Waals surface area (Å²) >= 11 is 3.10. The first-order valence-electron chi connectivity index (χ1n) is 4.75. The Balaban J connectivity index is 2.85. The number of aromatic hydroxyl groups is 1. The molecule has 0 radical (unpaired) electrons. The second kappa shape index (κ2) is 5.75. The highest BCUT2D eigenvalue weighted by atomic mass is 79.9. The zero-order valence-corrected chi connectivity index (χ0v) is 10.8. The minimum atomic E-state index is -0.0396. The number of benzene rings is 1. The Labute approximate surface area is 103 Å². The van der Waals surface area contributed by atoms with Gasteiger partial charge in [0.05, 0.1) is 12.4 Å². The van der Waals surface area contributed by atoms with Crippen LogP contribution < -0.4 is 4.74 Å². The van der Waals surface area contributed by atoms with Crippen molar-refractivity contribution in [1.29, 1.82) is 0 Å². The van der Waals surface area contributed by atoms with E-state index in [4.69, 9.17) is 4.74 Å². The molecule has 0 saturated heterocycles. The molecule has 0 aliphatic heterocycles. The molecule has 0 heterocycles. The van der Waals surface area contributed by atoms with Gasteiger partial charge in [0.25, 0.3) is 0 Å². The summed E-state index contributed by atoms with van der Waals surface area (Å²) in [6.07, 6.45) is 0. The molecule has 0 spiro atoms. The molecule has 0 atom stereocenters. The number of para-hydroxylation sites is 1. The molecule has 0 aliphatic rings. The highest BCUT2D eigenvalue weighted by Crippen LogP contribution is 2.29. The average Bonchev–Trinajstić information content (AvgIpc) is 2.30. The maximum Gasteiger partial charge on any atom is 0.233 e. The molecule has 88 valence electrons. The van der Waals surface area contributed by atoms with Crippen molar-refractivity contribution in [3.05, 3.63) is 23.8 Å². The van der Waals surface area contributed by atoms with E-state index in [9.17, 15) is 9.90 Å². The lowest BCUT2D eigenvalue weighted by atomic mass is 10.1. The fourth-order valence-electron chi connectivity index (χ4n) is 1.31. The molecule has 4 nitrogen and oxygen atoms in total. The summed E-state index contributed by atoms with van der Waals surface area (Å²) in [5.41, 5.74) is 0.663. The largest absolute Gasteiger partial charge is 0.504 e. The summed E-state index contributed by atoms with van der Waals surface area (Å²) in [5.74, 6) is 0.457. The van der Waals surface area contributed by atoms with E-state index in [1.807, 2.05) is 0 Å². The normalized spacial score (nSPS) is 9.94. The van der Waals surface area contributed by atoms with E-state index in [2.05, 4.69) is 15.9 Å². The first kappa shape index (κ1) is 12.8. The van der Waals surface area contributed by atoms with Gasteiger partial charge in [0.2, 0.25) is 5.91 Å². The molecule has 0 fully saturated rings. The van der Waals surface area contributed by atoms with Crippen LogP contribution in [-0.4, -0.2) is 35.4 Å². The Bertz CT molecular complexity index is 381. The maximum atomic E-state index is 11.3. The van der Waals surface area contributed by atoms with E-state index in [1.165, 1.54) is 12.0 Å². The maximum absolute atomic E-state index is 11.3. The molecule has 5 heteroatoms. The second-order valence-corrected chi connectivity index (χ2v) is 3.91. The van der Waals surface area contributed by atoms with Gasteiger partial charge in [-0.05, 0) is 6.07 Å². The van der Waals surface area contributed by atoms with Gasteiger partial charge in [0.1, 0.15) is 0 Å². The van der Waals surface area contributed by atoms with Gasteiger partial charge in [-0.25, -0.2) is 0 Å². The minimum absolute atomic E-state index is 0.0396. The van der Waals surface area contributed by atoms with Crippen LogP contribution in [0.15, 0.2) is 18.2 Å². The third-order valence-electron chi connectivity index (χ3n) is 2.25. The van der Waals surface area contributed by atoms with Crippen molar-refractivity contribution in [3.63, 3.8) is 0 Å². The van der Waals surface area contributed by atoms with Crippen LogP contribution in [0.25, 0.3) is 0 Å². The van der Waals surface area contributed by atoms with Crippen LogP contribution in [0, 0.1) is 0 Å².